The Morgan fingerprint density at radius 2 is 2.00 bits per heavy atom. The van der Waals surface area contributed by atoms with E-state index < -0.39 is 11.6 Å². The van der Waals surface area contributed by atoms with Crippen molar-refractivity contribution in [3.05, 3.63) is 35.4 Å². The number of nitrogens with one attached hydrogen (secondary N) is 2. The van der Waals surface area contributed by atoms with E-state index in [1.54, 1.807) is 11.9 Å². The number of fused-ring (bicyclic) bond motifs is 2. The number of carbonyl (C=O) groups excluding carboxylic acids is 3. The highest BCUT2D eigenvalue weighted by atomic mass is 16.2. The van der Waals surface area contributed by atoms with E-state index in [4.69, 9.17) is 0 Å². The summed E-state index contributed by atoms with van der Waals surface area (Å²) < 4.78 is 0. The summed E-state index contributed by atoms with van der Waals surface area (Å²) >= 11 is 0. The van der Waals surface area contributed by atoms with Gasteiger partial charge < -0.3 is 15.5 Å². The van der Waals surface area contributed by atoms with Crippen LogP contribution in [0.5, 0.6) is 0 Å². The summed E-state index contributed by atoms with van der Waals surface area (Å²) in [6.07, 6.45) is 3.07. The molecule has 1 aliphatic carbocycles. The summed E-state index contributed by atoms with van der Waals surface area (Å²) in [4.78, 5) is 41.0. The number of hydrogen-bond acceptors (Lipinski definition) is 4. The van der Waals surface area contributed by atoms with Gasteiger partial charge in [0, 0.05) is 13.1 Å². The lowest BCUT2D eigenvalue weighted by Gasteiger charge is -2.32. The molecule has 3 aliphatic rings. The van der Waals surface area contributed by atoms with Gasteiger partial charge in [0.1, 0.15) is 12.1 Å². The largest absolute Gasteiger partial charge is 0.341 e. The SMILES string of the molecule is CN(C(=O)CN1C(=O)NC2(CCc3ccccc32)C1=O)C1CCNCC1. The number of aryl methyl sites for hydroxylation is 1. The zero-order valence-electron chi connectivity index (χ0n) is 15.0. The summed E-state index contributed by atoms with van der Waals surface area (Å²) in [6, 6.07) is 7.39. The first-order valence-electron chi connectivity index (χ1n) is 9.22. The van der Waals surface area contributed by atoms with E-state index >= 15 is 0 Å². The first-order chi connectivity index (χ1) is 12.5. The zero-order chi connectivity index (χ0) is 18.3. The smallest absolute Gasteiger partial charge is 0.325 e. The third-order valence-electron chi connectivity index (χ3n) is 5.97. The molecule has 0 saturated carbocycles. The van der Waals surface area contributed by atoms with Crippen molar-refractivity contribution in [1.82, 2.24) is 20.4 Å². The number of imide groups is 1. The Labute approximate surface area is 152 Å². The van der Waals surface area contributed by atoms with Crippen LogP contribution >= 0.6 is 0 Å². The van der Waals surface area contributed by atoms with Crippen LogP contribution in [0.15, 0.2) is 24.3 Å². The number of amides is 4. The van der Waals surface area contributed by atoms with Crippen molar-refractivity contribution >= 4 is 17.8 Å². The molecule has 2 aliphatic heterocycles. The highest BCUT2D eigenvalue weighted by molar-refractivity contribution is 6.09. The normalized spacial score (nSPS) is 25.5. The van der Waals surface area contributed by atoms with E-state index in [0.29, 0.717) is 6.42 Å². The van der Waals surface area contributed by atoms with Crippen LogP contribution in [0, 0.1) is 0 Å². The number of urea groups is 1. The van der Waals surface area contributed by atoms with Crippen molar-refractivity contribution in [3.63, 3.8) is 0 Å². The van der Waals surface area contributed by atoms with E-state index in [-0.39, 0.29) is 24.4 Å². The van der Waals surface area contributed by atoms with Gasteiger partial charge >= 0.3 is 6.03 Å². The van der Waals surface area contributed by atoms with Crippen molar-refractivity contribution in [2.45, 2.75) is 37.3 Å². The van der Waals surface area contributed by atoms with Gasteiger partial charge in [-0.3, -0.25) is 14.5 Å². The molecule has 7 nitrogen and oxygen atoms in total. The second-order valence-electron chi connectivity index (χ2n) is 7.37. The first kappa shape index (κ1) is 17.0. The first-order valence-corrected chi connectivity index (χ1v) is 9.22. The van der Waals surface area contributed by atoms with Crippen molar-refractivity contribution in [2.24, 2.45) is 0 Å². The van der Waals surface area contributed by atoms with Gasteiger partial charge in [-0.2, -0.15) is 0 Å². The molecule has 7 heteroatoms. The molecule has 1 spiro atoms. The van der Waals surface area contributed by atoms with Gasteiger partial charge in [0.25, 0.3) is 5.91 Å². The van der Waals surface area contributed by atoms with E-state index in [1.165, 1.54) is 0 Å². The Morgan fingerprint density at radius 3 is 2.77 bits per heavy atom. The van der Waals surface area contributed by atoms with Crippen LogP contribution in [-0.4, -0.2) is 60.4 Å². The summed E-state index contributed by atoms with van der Waals surface area (Å²) in [6.45, 7) is 1.56. The Balaban J connectivity index is 1.51. The average Bonchev–Trinajstić information content (AvgIpc) is 3.15. The molecular weight excluding hydrogens is 332 g/mol. The predicted molar refractivity (Wildman–Crippen MR) is 95.3 cm³/mol. The number of benzene rings is 1. The fourth-order valence-corrected chi connectivity index (χ4v) is 4.38. The molecule has 1 unspecified atom stereocenters. The number of rotatable bonds is 3. The average molecular weight is 356 g/mol. The van der Waals surface area contributed by atoms with Gasteiger partial charge in [0.15, 0.2) is 0 Å². The highest BCUT2D eigenvalue weighted by Gasteiger charge is 2.55. The zero-order valence-corrected chi connectivity index (χ0v) is 15.0. The second-order valence-corrected chi connectivity index (χ2v) is 7.37. The summed E-state index contributed by atoms with van der Waals surface area (Å²) in [5.41, 5.74) is 0.947. The fraction of sp³-hybridized carbons (Fsp3) is 0.526. The third kappa shape index (κ3) is 2.58. The minimum Gasteiger partial charge on any atom is -0.341 e. The highest BCUT2D eigenvalue weighted by Crippen LogP contribution is 2.41. The molecule has 2 saturated heterocycles. The summed E-state index contributed by atoms with van der Waals surface area (Å²) in [5.74, 6) is -0.497. The van der Waals surface area contributed by atoms with E-state index in [2.05, 4.69) is 10.6 Å². The van der Waals surface area contributed by atoms with Crippen LogP contribution in [0.25, 0.3) is 0 Å². The molecule has 0 bridgehead atoms. The van der Waals surface area contributed by atoms with Gasteiger partial charge in [-0.1, -0.05) is 24.3 Å². The summed E-state index contributed by atoms with van der Waals surface area (Å²) in [5, 5.41) is 6.14. The Morgan fingerprint density at radius 1 is 1.27 bits per heavy atom. The molecule has 26 heavy (non-hydrogen) atoms. The van der Waals surface area contributed by atoms with Crippen LogP contribution in [-0.2, 0) is 21.5 Å². The van der Waals surface area contributed by atoms with Gasteiger partial charge in [-0.25, -0.2) is 4.79 Å². The Kier molecular flexibility index (Phi) is 4.19. The van der Waals surface area contributed by atoms with Gasteiger partial charge in [-0.15, -0.1) is 0 Å². The van der Waals surface area contributed by atoms with Crippen molar-refractivity contribution < 1.29 is 14.4 Å². The van der Waals surface area contributed by atoms with Crippen molar-refractivity contribution in [1.29, 1.82) is 0 Å². The maximum Gasteiger partial charge on any atom is 0.325 e. The minimum absolute atomic E-state index is 0.158. The lowest BCUT2D eigenvalue weighted by atomic mass is 9.92. The maximum absolute atomic E-state index is 13.1. The second kappa shape index (κ2) is 6.39. The van der Waals surface area contributed by atoms with Gasteiger partial charge in [0.05, 0.1) is 0 Å². The lowest BCUT2D eigenvalue weighted by Crippen LogP contribution is -2.49. The van der Waals surface area contributed by atoms with Crippen molar-refractivity contribution in [2.75, 3.05) is 26.7 Å². The fourth-order valence-electron chi connectivity index (χ4n) is 4.38. The molecule has 1 atom stereocenters. The Bertz CT molecular complexity index is 759. The summed E-state index contributed by atoms with van der Waals surface area (Å²) in [7, 11) is 1.76. The molecule has 4 rings (SSSR count). The molecule has 1 aromatic carbocycles. The van der Waals surface area contributed by atoms with E-state index in [1.807, 2.05) is 24.3 Å². The Hall–Kier alpha value is -2.41. The molecule has 0 radical (unpaired) electrons. The molecule has 2 N–H and O–H groups in total. The number of piperidine rings is 1. The standard InChI is InChI=1S/C19H24N4O3/c1-22(14-7-10-20-11-8-14)16(24)12-23-17(25)19(21-18(23)26)9-6-13-4-2-3-5-15(13)19/h2-5,14,20H,6-12H2,1H3,(H,21,26). The van der Waals surface area contributed by atoms with E-state index in [9.17, 15) is 14.4 Å². The van der Waals surface area contributed by atoms with Gasteiger partial charge in [-0.05, 0) is 49.9 Å². The van der Waals surface area contributed by atoms with Crippen LogP contribution in [0.4, 0.5) is 4.79 Å². The van der Waals surface area contributed by atoms with E-state index in [0.717, 1.165) is 48.4 Å². The van der Waals surface area contributed by atoms with Crippen molar-refractivity contribution in [3.8, 4) is 0 Å². The topological polar surface area (TPSA) is 81.8 Å². The quantitative estimate of drug-likeness (QED) is 0.777. The molecule has 138 valence electrons. The number of carbonyl (C=O) groups is 3. The number of nitrogens with zero attached hydrogens (tertiary/aromatic N) is 2. The van der Waals surface area contributed by atoms with Gasteiger partial charge in [0.2, 0.25) is 5.91 Å². The molecular formula is C19H24N4O3. The third-order valence-corrected chi connectivity index (χ3v) is 5.97. The number of likely N-dealkylation sites (N-methyl/N-ethyl adjacent to an activating group) is 1. The predicted octanol–water partition coefficient (Wildman–Crippen LogP) is 0.590. The van der Waals surface area contributed by atoms with Crippen LogP contribution < -0.4 is 10.6 Å². The molecule has 2 heterocycles. The molecule has 1 aromatic rings. The molecule has 2 fully saturated rings. The molecule has 4 amide bonds. The lowest BCUT2D eigenvalue weighted by molar-refractivity contribution is -0.139. The van der Waals surface area contributed by atoms with Crippen LogP contribution in [0.2, 0.25) is 0 Å². The molecule has 0 aromatic heterocycles. The maximum atomic E-state index is 13.1. The monoisotopic (exact) mass is 356 g/mol. The van der Waals surface area contributed by atoms with Crippen LogP contribution in [0.3, 0.4) is 0 Å². The van der Waals surface area contributed by atoms with Crippen LogP contribution in [0.1, 0.15) is 30.4 Å². The number of hydrogen-bond donors (Lipinski definition) is 2. The minimum atomic E-state index is -0.999.